The lowest BCUT2D eigenvalue weighted by atomic mass is 10.1. The van der Waals surface area contributed by atoms with Gasteiger partial charge in [-0.3, -0.25) is 10.1 Å². The molecule has 0 aliphatic carbocycles. The predicted octanol–water partition coefficient (Wildman–Crippen LogP) is 6.53. The molecular weight excluding hydrogens is 580 g/mol. The van der Waals surface area contributed by atoms with E-state index in [9.17, 15) is 10.1 Å². The molecule has 138 valence electrons. The predicted molar refractivity (Wildman–Crippen MR) is 127 cm³/mol. The van der Waals surface area contributed by atoms with Gasteiger partial charge < -0.3 is 4.98 Å². The highest BCUT2D eigenvalue weighted by Crippen LogP contribution is 2.34. The number of non-ortho nitro benzene ring substituents is 1. The Morgan fingerprint density at radius 1 is 0.750 bits per heavy atom. The number of hydrogen-bond acceptors (Lipinski definition) is 3. The van der Waals surface area contributed by atoms with Crippen molar-refractivity contribution in [3.63, 3.8) is 0 Å². The van der Waals surface area contributed by atoms with Crippen LogP contribution in [-0.4, -0.2) is 14.9 Å². The van der Waals surface area contributed by atoms with E-state index in [4.69, 9.17) is 4.98 Å². The quantitative estimate of drug-likeness (QED) is 0.166. The van der Waals surface area contributed by atoms with Crippen LogP contribution in [0.15, 0.2) is 72.8 Å². The Hall–Kier alpha value is -2.27. The molecule has 3 aromatic carbocycles. The first-order valence-corrected chi connectivity index (χ1v) is 10.5. The standard InChI is InChI=1S/C21H13I2N3O2/c22-16-7-1-13(2-8-16)19-20(14-3-9-17(23)10-4-14)25-21(24-19)15-5-11-18(12-6-15)26(27)28/h1-12H,(H,24,25). The summed E-state index contributed by atoms with van der Waals surface area (Å²) in [7, 11) is 0. The fourth-order valence-electron chi connectivity index (χ4n) is 2.89. The Kier molecular flexibility index (Phi) is 5.44. The minimum atomic E-state index is -0.403. The first-order chi connectivity index (χ1) is 13.5. The molecule has 0 radical (unpaired) electrons. The first kappa shape index (κ1) is 19.1. The zero-order valence-electron chi connectivity index (χ0n) is 14.4. The molecule has 0 aliphatic rings. The molecule has 1 N–H and O–H groups in total. The number of halogens is 2. The molecule has 0 aliphatic heterocycles. The number of nitro benzene ring substituents is 1. The first-order valence-electron chi connectivity index (χ1n) is 8.38. The molecule has 0 amide bonds. The number of benzene rings is 3. The zero-order valence-corrected chi connectivity index (χ0v) is 18.7. The molecular formula is C21H13I2N3O2. The number of nitro groups is 1. The van der Waals surface area contributed by atoms with Crippen LogP contribution in [0.5, 0.6) is 0 Å². The van der Waals surface area contributed by atoms with Crippen molar-refractivity contribution < 1.29 is 4.92 Å². The lowest BCUT2D eigenvalue weighted by Crippen LogP contribution is -1.88. The molecule has 1 aromatic heterocycles. The summed E-state index contributed by atoms with van der Waals surface area (Å²) < 4.78 is 2.32. The summed E-state index contributed by atoms with van der Waals surface area (Å²) in [6.45, 7) is 0. The van der Waals surface area contributed by atoms with E-state index in [1.807, 2.05) is 24.3 Å². The summed E-state index contributed by atoms with van der Waals surface area (Å²) in [5, 5.41) is 10.9. The van der Waals surface area contributed by atoms with Gasteiger partial charge in [0, 0.05) is 36.0 Å². The second-order valence-electron chi connectivity index (χ2n) is 6.13. The number of H-pyrrole nitrogens is 1. The summed E-state index contributed by atoms with van der Waals surface area (Å²) in [6, 6.07) is 22.8. The molecule has 0 saturated heterocycles. The average molecular weight is 593 g/mol. The van der Waals surface area contributed by atoms with Crippen LogP contribution in [0, 0.1) is 17.3 Å². The van der Waals surface area contributed by atoms with Crippen molar-refractivity contribution in [1.82, 2.24) is 9.97 Å². The lowest BCUT2D eigenvalue weighted by Gasteiger charge is -2.04. The van der Waals surface area contributed by atoms with E-state index in [0.29, 0.717) is 5.82 Å². The molecule has 0 bridgehead atoms. The fraction of sp³-hybridized carbons (Fsp3) is 0. The monoisotopic (exact) mass is 593 g/mol. The SMILES string of the molecule is O=[N+]([O-])c1ccc(-c2nc(-c3ccc(I)cc3)c(-c3ccc(I)cc3)[nH]2)cc1. The summed E-state index contributed by atoms with van der Waals surface area (Å²) in [6.07, 6.45) is 0. The summed E-state index contributed by atoms with van der Waals surface area (Å²) >= 11 is 4.56. The number of nitrogens with one attached hydrogen (secondary N) is 1. The normalized spacial score (nSPS) is 10.8. The number of nitrogens with zero attached hydrogens (tertiary/aromatic N) is 2. The number of hydrogen-bond donors (Lipinski definition) is 1. The highest BCUT2D eigenvalue weighted by molar-refractivity contribution is 14.1. The molecule has 0 unspecified atom stereocenters. The van der Waals surface area contributed by atoms with Crippen molar-refractivity contribution in [2.45, 2.75) is 0 Å². The third-order valence-corrected chi connectivity index (χ3v) is 5.74. The van der Waals surface area contributed by atoms with E-state index in [-0.39, 0.29) is 5.69 Å². The van der Waals surface area contributed by atoms with E-state index in [1.54, 1.807) is 12.1 Å². The van der Waals surface area contributed by atoms with Crippen LogP contribution in [0.4, 0.5) is 5.69 Å². The Labute approximate surface area is 188 Å². The molecule has 4 aromatic rings. The Bertz CT molecular complexity index is 1070. The maximum absolute atomic E-state index is 10.9. The topological polar surface area (TPSA) is 71.8 Å². The zero-order chi connectivity index (χ0) is 19.7. The smallest absolute Gasteiger partial charge is 0.269 e. The van der Waals surface area contributed by atoms with E-state index in [2.05, 4.69) is 74.4 Å². The van der Waals surface area contributed by atoms with E-state index in [0.717, 1.165) is 35.2 Å². The molecule has 5 nitrogen and oxygen atoms in total. The number of aromatic amines is 1. The highest BCUT2D eigenvalue weighted by atomic mass is 127. The van der Waals surface area contributed by atoms with Crippen LogP contribution < -0.4 is 0 Å². The lowest BCUT2D eigenvalue weighted by molar-refractivity contribution is -0.384. The summed E-state index contributed by atoms with van der Waals surface area (Å²) in [4.78, 5) is 18.7. The van der Waals surface area contributed by atoms with E-state index >= 15 is 0 Å². The molecule has 0 fully saturated rings. The van der Waals surface area contributed by atoms with Gasteiger partial charge in [0.15, 0.2) is 0 Å². The van der Waals surface area contributed by atoms with Crippen molar-refractivity contribution in [3.8, 4) is 33.9 Å². The van der Waals surface area contributed by atoms with Gasteiger partial charge in [-0.25, -0.2) is 4.98 Å². The van der Waals surface area contributed by atoms with Crippen molar-refractivity contribution in [2.24, 2.45) is 0 Å². The van der Waals surface area contributed by atoms with Gasteiger partial charge in [0.1, 0.15) is 5.82 Å². The largest absolute Gasteiger partial charge is 0.337 e. The van der Waals surface area contributed by atoms with Crippen LogP contribution in [-0.2, 0) is 0 Å². The fourth-order valence-corrected chi connectivity index (χ4v) is 3.61. The number of rotatable bonds is 4. The van der Waals surface area contributed by atoms with E-state index in [1.165, 1.54) is 12.1 Å². The molecule has 4 rings (SSSR count). The summed E-state index contributed by atoms with van der Waals surface area (Å²) in [5.74, 6) is 0.678. The van der Waals surface area contributed by atoms with Gasteiger partial charge in [0.25, 0.3) is 5.69 Å². The minimum Gasteiger partial charge on any atom is -0.337 e. The van der Waals surface area contributed by atoms with Crippen molar-refractivity contribution in [2.75, 3.05) is 0 Å². The number of imidazole rings is 1. The third-order valence-electron chi connectivity index (χ3n) is 4.31. The van der Waals surface area contributed by atoms with Gasteiger partial charge in [0.05, 0.1) is 16.3 Å². The van der Waals surface area contributed by atoms with Gasteiger partial charge in [-0.1, -0.05) is 24.3 Å². The van der Waals surface area contributed by atoms with Crippen molar-refractivity contribution >= 4 is 50.9 Å². The van der Waals surface area contributed by atoms with Gasteiger partial charge in [-0.05, 0) is 81.6 Å². The van der Waals surface area contributed by atoms with E-state index < -0.39 is 4.92 Å². The molecule has 0 saturated carbocycles. The minimum absolute atomic E-state index is 0.0611. The van der Waals surface area contributed by atoms with Gasteiger partial charge in [-0.2, -0.15) is 0 Å². The van der Waals surface area contributed by atoms with Gasteiger partial charge in [-0.15, -0.1) is 0 Å². The Morgan fingerprint density at radius 3 is 1.79 bits per heavy atom. The second-order valence-corrected chi connectivity index (χ2v) is 8.62. The van der Waals surface area contributed by atoms with Crippen LogP contribution in [0.3, 0.4) is 0 Å². The molecule has 28 heavy (non-hydrogen) atoms. The second kappa shape index (κ2) is 8.00. The maximum Gasteiger partial charge on any atom is 0.269 e. The van der Waals surface area contributed by atoms with Crippen molar-refractivity contribution in [1.29, 1.82) is 0 Å². The van der Waals surface area contributed by atoms with Crippen LogP contribution in [0.2, 0.25) is 0 Å². The average Bonchev–Trinajstić information content (AvgIpc) is 3.14. The Morgan fingerprint density at radius 2 is 1.25 bits per heavy atom. The Balaban J connectivity index is 1.84. The molecule has 0 atom stereocenters. The van der Waals surface area contributed by atoms with Crippen molar-refractivity contribution in [3.05, 3.63) is 90.1 Å². The van der Waals surface area contributed by atoms with Gasteiger partial charge in [0.2, 0.25) is 0 Å². The third kappa shape index (κ3) is 3.95. The molecule has 1 heterocycles. The molecule has 7 heteroatoms. The van der Waals surface area contributed by atoms with Crippen LogP contribution >= 0.6 is 45.2 Å². The summed E-state index contributed by atoms with van der Waals surface area (Å²) in [5.41, 5.74) is 4.69. The highest BCUT2D eigenvalue weighted by Gasteiger charge is 2.16. The number of aromatic nitrogens is 2. The van der Waals surface area contributed by atoms with Crippen LogP contribution in [0.25, 0.3) is 33.9 Å². The maximum atomic E-state index is 10.9. The van der Waals surface area contributed by atoms with Gasteiger partial charge >= 0.3 is 0 Å². The van der Waals surface area contributed by atoms with Crippen LogP contribution in [0.1, 0.15) is 0 Å². The molecule has 0 spiro atoms.